The van der Waals surface area contributed by atoms with E-state index in [9.17, 15) is 0 Å². The average molecular weight is 345 g/mol. The molecule has 0 saturated heterocycles. The SMILES string of the molecule is CCNC(Cc1ccc(Br)cn1)C1CC1c1ccccc1. The molecule has 2 aromatic rings. The Morgan fingerprint density at radius 1 is 1.24 bits per heavy atom. The summed E-state index contributed by atoms with van der Waals surface area (Å²) in [5.41, 5.74) is 2.65. The van der Waals surface area contributed by atoms with Gasteiger partial charge in [0.15, 0.2) is 0 Å². The highest BCUT2D eigenvalue weighted by molar-refractivity contribution is 9.10. The van der Waals surface area contributed by atoms with E-state index in [2.05, 4.69) is 75.6 Å². The average Bonchev–Trinajstić information content (AvgIpc) is 3.30. The lowest BCUT2D eigenvalue weighted by molar-refractivity contribution is 0.460. The molecule has 1 aliphatic rings. The second kappa shape index (κ2) is 6.71. The van der Waals surface area contributed by atoms with E-state index in [-0.39, 0.29) is 0 Å². The normalized spacial score (nSPS) is 22.0. The van der Waals surface area contributed by atoms with Crippen molar-refractivity contribution in [2.75, 3.05) is 6.54 Å². The van der Waals surface area contributed by atoms with Gasteiger partial charge in [-0.05, 0) is 58.4 Å². The number of benzene rings is 1. The maximum Gasteiger partial charge on any atom is 0.0420 e. The Kier molecular flexibility index (Phi) is 4.71. The number of aromatic nitrogens is 1. The summed E-state index contributed by atoms with van der Waals surface area (Å²) in [5.74, 6) is 1.45. The van der Waals surface area contributed by atoms with E-state index in [0.717, 1.165) is 23.4 Å². The van der Waals surface area contributed by atoms with E-state index in [0.29, 0.717) is 12.0 Å². The Morgan fingerprint density at radius 3 is 2.71 bits per heavy atom. The molecule has 1 aromatic carbocycles. The minimum Gasteiger partial charge on any atom is -0.314 e. The molecule has 1 aliphatic carbocycles. The predicted molar refractivity (Wildman–Crippen MR) is 90.4 cm³/mol. The van der Waals surface area contributed by atoms with Gasteiger partial charge in [-0.15, -0.1) is 0 Å². The van der Waals surface area contributed by atoms with Gasteiger partial charge in [0.25, 0.3) is 0 Å². The Bertz CT molecular complexity index is 568. The van der Waals surface area contributed by atoms with Crippen LogP contribution in [0.5, 0.6) is 0 Å². The van der Waals surface area contributed by atoms with Gasteiger partial charge < -0.3 is 5.32 Å². The second-order valence-corrected chi connectivity index (χ2v) is 6.67. The van der Waals surface area contributed by atoms with Crippen molar-refractivity contribution in [1.29, 1.82) is 0 Å². The van der Waals surface area contributed by atoms with Crippen LogP contribution in [0.2, 0.25) is 0 Å². The zero-order chi connectivity index (χ0) is 14.7. The fourth-order valence-electron chi connectivity index (χ4n) is 3.13. The fourth-order valence-corrected chi connectivity index (χ4v) is 3.37. The van der Waals surface area contributed by atoms with Crippen LogP contribution in [-0.2, 0) is 6.42 Å². The van der Waals surface area contributed by atoms with Crippen molar-refractivity contribution in [1.82, 2.24) is 10.3 Å². The second-order valence-electron chi connectivity index (χ2n) is 5.75. The molecule has 0 aliphatic heterocycles. The number of hydrogen-bond acceptors (Lipinski definition) is 2. The Balaban J connectivity index is 1.67. The lowest BCUT2D eigenvalue weighted by Gasteiger charge is -2.18. The van der Waals surface area contributed by atoms with E-state index in [1.54, 1.807) is 0 Å². The van der Waals surface area contributed by atoms with Crippen molar-refractivity contribution in [2.45, 2.75) is 31.7 Å². The van der Waals surface area contributed by atoms with Crippen LogP contribution in [0.1, 0.15) is 30.5 Å². The third-order valence-corrected chi connectivity index (χ3v) is 4.74. The summed E-state index contributed by atoms with van der Waals surface area (Å²) in [6.45, 7) is 3.20. The van der Waals surface area contributed by atoms with Crippen molar-refractivity contribution in [3.05, 3.63) is 64.4 Å². The summed E-state index contributed by atoms with van der Waals surface area (Å²) in [7, 11) is 0. The first-order valence-corrected chi connectivity index (χ1v) is 8.46. The van der Waals surface area contributed by atoms with E-state index < -0.39 is 0 Å². The first-order valence-electron chi connectivity index (χ1n) is 7.66. The number of pyridine rings is 1. The van der Waals surface area contributed by atoms with Crippen LogP contribution < -0.4 is 5.32 Å². The number of halogens is 1. The molecule has 1 saturated carbocycles. The van der Waals surface area contributed by atoms with Crippen LogP contribution in [0.15, 0.2) is 53.1 Å². The Labute approximate surface area is 135 Å². The van der Waals surface area contributed by atoms with Crippen molar-refractivity contribution >= 4 is 15.9 Å². The molecule has 0 amide bonds. The Hall–Kier alpha value is -1.19. The van der Waals surface area contributed by atoms with Gasteiger partial charge in [-0.3, -0.25) is 4.98 Å². The monoisotopic (exact) mass is 344 g/mol. The third-order valence-electron chi connectivity index (χ3n) is 4.27. The molecule has 1 heterocycles. The van der Waals surface area contributed by atoms with Crippen molar-refractivity contribution in [2.24, 2.45) is 5.92 Å². The van der Waals surface area contributed by atoms with Gasteiger partial charge in [-0.2, -0.15) is 0 Å². The molecule has 3 unspecified atom stereocenters. The molecule has 2 nitrogen and oxygen atoms in total. The largest absolute Gasteiger partial charge is 0.314 e. The van der Waals surface area contributed by atoms with Crippen molar-refractivity contribution in [3.63, 3.8) is 0 Å². The molecule has 21 heavy (non-hydrogen) atoms. The summed E-state index contributed by atoms with van der Waals surface area (Å²) in [5, 5.41) is 3.66. The predicted octanol–water partition coefficient (Wildman–Crippen LogP) is 4.17. The zero-order valence-electron chi connectivity index (χ0n) is 12.3. The minimum atomic E-state index is 0.522. The number of nitrogens with one attached hydrogen (secondary N) is 1. The van der Waals surface area contributed by atoms with Crippen LogP contribution in [0.3, 0.4) is 0 Å². The molecule has 0 bridgehead atoms. The molecule has 0 spiro atoms. The van der Waals surface area contributed by atoms with Gasteiger partial charge in [0.05, 0.1) is 0 Å². The topological polar surface area (TPSA) is 24.9 Å². The van der Waals surface area contributed by atoms with Gasteiger partial charge in [-0.1, -0.05) is 37.3 Å². The molecule has 1 aromatic heterocycles. The highest BCUT2D eigenvalue weighted by atomic mass is 79.9. The van der Waals surface area contributed by atoms with Gasteiger partial charge >= 0.3 is 0 Å². The van der Waals surface area contributed by atoms with Crippen LogP contribution in [-0.4, -0.2) is 17.6 Å². The summed E-state index contributed by atoms with van der Waals surface area (Å²) in [6.07, 6.45) is 4.19. The molecule has 1 N–H and O–H groups in total. The van der Waals surface area contributed by atoms with Gasteiger partial charge in [-0.25, -0.2) is 0 Å². The van der Waals surface area contributed by atoms with Gasteiger partial charge in [0.1, 0.15) is 0 Å². The van der Waals surface area contributed by atoms with Crippen molar-refractivity contribution < 1.29 is 0 Å². The summed E-state index contributed by atoms with van der Waals surface area (Å²) >= 11 is 3.45. The third kappa shape index (κ3) is 3.72. The fraction of sp³-hybridized carbons (Fsp3) is 0.389. The van der Waals surface area contributed by atoms with Crippen LogP contribution >= 0.6 is 15.9 Å². The lowest BCUT2D eigenvalue weighted by Crippen LogP contribution is -2.33. The molecule has 3 heteroatoms. The molecule has 1 fully saturated rings. The van der Waals surface area contributed by atoms with E-state index >= 15 is 0 Å². The maximum absolute atomic E-state index is 4.52. The first-order chi connectivity index (χ1) is 10.3. The van der Waals surface area contributed by atoms with Crippen LogP contribution in [0, 0.1) is 5.92 Å². The van der Waals surface area contributed by atoms with Gasteiger partial charge in [0.2, 0.25) is 0 Å². The Morgan fingerprint density at radius 2 is 2.05 bits per heavy atom. The smallest absolute Gasteiger partial charge is 0.0420 e. The van der Waals surface area contributed by atoms with Gasteiger partial charge in [0, 0.05) is 28.8 Å². The van der Waals surface area contributed by atoms with E-state index in [1.807, 2.05) is 6.20 Å². The summed E-state index contributed by atoms with van der Waals surface area (Å²) in [6, 6.07) is 15.6. The van der Waals surface area contributed by atoms with Crippen molar-refractivity contribution in [3.8, 4) is 0 Å². The number of nitrogens with zero attached hydrogens (tertiary/aromatic N) is 1. The first kappa shape index (κ1) is 14.7. The molecule has 0 radical (unpaired) electrons. The summed E-state index contributed by atoms with van der Waals surface area (Å²) < 4.78 is 1.04. The number of rotatable bonds is 6. The van der Waals surface area contributed by atoms with Crippen LogP contribution in [0.25, 0.3) is 0 Å². The maximum atomic E-state index is 4.52. The standard InChI is InChI=1S/C18H21BrN2/c1-2-20-18(10-15-9-8-14(19)12-21-15)17-11-16(17)13-6-4-3-5-7-13/h3-9,12,16-18,20H,2,10-11H2,1H3. The number of hydrogen-bond donors (Lipinski definition) is 1. The summed E-state index contributed by atoms with van der Waals surface area (Å²) in [4.78, 5) is 4.52. The quantitative estimate of drug-likeness (QED) is 0.850. The number of likely N-dealkylation sites (N-methyl/N-ethyl adjacent to an activating group) is 1. The van der Waals surface area contributed by atoms with E-state index in [4.69, 9.17) is 0 Å². The van der Waals surface area contributed by atoms with Crippen LogP contribution in [0.4, 0.5) is 0 Å². The molecule has 3 rings (SSSR count). The highest BCUT2D eigenvalue weighted by Gasteiger charge is 2.43. The highest BCUT2D eigenvalue weighted by Crippen LogP contribution is 2.49. The zero-order valence-corrected chi connectivity index (χ0v) is 13.9. The lowest BCUT2D eigenvalue weighted by atomic mass is 10.0. The molecule has 3 atom stereocenters. The minimum absolute atomic E-state index is 0.522. The molecular weight excluding hydrogens is 324 g/mol. The van der Waals surface area contributed by atoms with E-state index in [1.165, 1.54) is 17.7 Å². The molecule has 110 valence electrons. The molecular formula is C18H21BrN2.